The molecule has 136 valence electrons. The first-order chi connectivity index (χ1) is 12.1. The van der Waals surface area contributed by atoms with Crippen LogP contribution in [0, 0.1) is 5.92 Å². The van der Waals surface area contributed by atoms with Gasteiger partial charge in [-0.25, -0.2) is 4.79 Å². The number of thioether (sulfide) groups is 1. The highest BCUT2D eigenvalue weighted by atomic mass is 32.2. The van der Waals surface area contributed by atoms with Gasteiger partial charge in [0.15, 0.2) is 5.16 Å². The number of carbonyl (C=O) groups excluding carboxylic acids is 1. The van der Waals surface area contributed by atoms with Crippen molar-refractivity contribution < 1.29 is 4.79 Å². The molecule has 2 aromatic heterocycles. The summed E-state index contributed by atoms with van der Waals surface area (Å²) in [5.74, 6) is 1.52. The van der Waals surface area contributed by atoms with Crippen molar-refractivity contribution in [3.8, 4) is 0 Å². The van der Waals surface area contributed by atoms with Crippen LogP contribution in [0.5, 0.6) is 0 Å². The van der Waals surface area contributed by atoms with E-state index in [1.54, 1.807) is 24.2 Å². The van der Waals surface area contributed by atoms with Crippen LogP contribution >= 0.6 is 11.8 Å². The molecule has 2 rings (SSSR count). The van der Waals surface area contributed by atoms with Gasteiger partial charge in [-0.1, -0.05) is 31.7 Å². The van der Waals surface area contributed by atoms with Crippen molar-refractivity contribution in [3.05, 3.63) is 35.9 Å². The van der Waals surface area contributed by atoms with Gasteiger partial charge < -0.3 is 15.2 Å². The Kier molecular flexibility index (Phi) is 7.72. The quantitative estimate of drug-likeness (QED) is 0.529. The van der Waals surface area contributed by atoms with Crippen LogP contribution in [0.15, 0.2) is 29.7 Å². The maximum Gasteiger partial charge on any atom is 0.315 e. The molecule has 0 atom stereocenters. The highest BCUT2D eigenvalue weighted by molar-refractivity contribution is 7.98. The van der Waals surface area contributed by atoms with Gasteiger partial charge in [0.25, 0.3) is 0 Å². The van der Waals surface area contributed by atoms with Crippen molar-refractivity contribution in [3.63, 3.8) is 0 Å². The van der Waals surface area contributed by atoms with Crippen LogP contribution in [0.25, 0.3) is 0 Å². The van der Waals surface area contributed by atoms with E-state index in [4.69, 9.17) is 0 Å². The Balaban J connectivity index is 1.72. The van der Waals surface area contributed by atoms with Gasteiger partial charge >= 0.3 is 6.03 Å². The fraction of sp³-hybridized carbons (Fsp3) is 0.529. The highest BCUT2D eigenvalue weighted by Crippen LogP contribution is 2.16. The molecule has 2 N–H and O–H groups in total. The molecule has 0 saturated heterocycles. The zero-order valence-electron chi connectivity index (χ0n) is 15.0. The number of aryl methyl sites for hydroxylation is 1. The maximum atomic E-state index is 11.8. The van der Waals surface area contributed by atoms with Crippen molar-refractivity contribution in [2.75, 3.05) is 12.8 Å². The lowest BCUT2D eigenvalue weighted by atomic mass is 10.2. The van der Waals surface area contributed by atoms with E-state index in [0.29, 0.717) is 19.0 Å². The number of urea groups is 1. The summed E-state index contributed by atoms with van der Waals surface area (Å²) in [5.41, 5.74) is 0.976. The Morgan fingerprint density at radius 3 is 2.84 bits per heavy atom. The van der Waals surface area contributed by atoms with Crippen LogP contribution in [0.3, 0.4) is 0 Å². The van der Waals surface area contributed by atoms with E-state index in [1.165, 1.54) is 0 Å². The second-order valence-corrected chi connectivity index (χ2v) is 6.96. The lowest BCUT2D eigenvalue weighted by Crippen LogP contribution is -2.35. The zero-order valence-corrected chi connectivity index (χ0v) is 15.8. The van der Waals surface area contributed by atoms with E-state index in [1.807, 2.05) is 18.4 Å². The molecular formula is C17H26N6OS. The first-order valence-electron chi connectivity index (χ1n) is 8.46. The SMILES string of the molecule is CSc1nnc(CCCNC(=O)NCc2cccnc2)n1CC(C)C. The minimum atomic E-state index is -0.169. The Morgan fingerprint density at radius 2 is 2.16 bits per heavy atom. The van der Waals surface area contributed by atoms with Gasteiger partial charge in [-0.15, -0.1) is 10.2 Å². The van der Waals surface area contributed by atoms with Crippen LogP contribution in [0.1, 0.15) is 31.7 Å². The molecule has 2 heterocycles. The predicted octanol–water partition coefficient (Wildman–Crippen LogP) is 2.48. The van der Waals surface area contributed by atoms with Gasteiger partial charge in [0.1, 0.15) is 5.82 Å². The average Bonchev–Trinajstić information content (AvgIpc) is 2.99. The molecule has 0 aromatic carbocycles. The van der Waals surface area contributed by atoms with Crippen LogP contribution < -0.4 is 10.6 Å². The van der Waals surface area contributed by atoms with Crippen molar-refractivity contribution in [1.82, 2.24) is 30.4 Å². The predicted molar refractivity (Wildman–Crippen MR) is 99.4 cm³/mol. The number of nitrogens with one attached hydrogen (secondary N) is 2. The Labute approximate surface area is 153 Å². The molecule has 7 nitrogen and oxygen atoms in total. The van der Waals surface area contributed by atoms with Crippen LogP contribution in [-0.4, -0.2) is 38.6 Å². The van der Waals surface area contributed by atoms with Crippen LogP contribution in [0.2, 0.25) is 0 Å². The summed E-state index contributed by atoms with van der Waals surface area (Å²) in [7, 11) is 0. The van der Waals surface area contributed by atoms with Crippen molar-refractivity contribution in [1.29, 1.82) is 0 Å². The number of aromatic nitrogens is 4. The molecule has 2 aromatic rings. The minimum absolute atomic E-state index is 0.169. The maximum absolute atomic E-state index is 11.8. The topological polar surface area (TPSA) is 84.7 Å². The molecule has 0 fully saturated rings. The molecule has 0 saturated carbocycles. The Hall–Kier alpha value is -2.09. The molecule has 8 heteroatoms. The standard InChI is InChI=1S/C17H26N6OS/c1-13(2)12-23-15(21-22-17(23)25-3)7-5-9-19-16(24)20-11-14-6-4-8-18-10-14/h4,6,8,10,13H,5,7,9,11-12H2,1-3H3,(H2,19,20,24). The number of carbonyl (C=O) groups is 1. The molecule has 25 heavy (non-hydrogen) atoms. The third kappa shape index (κ3) is 6.38. The Morgan fingerprint density at radius 1 is 1.32 bits per heavy atom. The van der Waals surface area contributed by atoms with E-state index in [0.717, 1.165) is 35.9 Å². The fourth-order valence-electron chi connectivity index (χ4n) is 2.40. The number of hydrogen-bond acceptors (Lipinski definition) is 5. The number of amides is 2. The number of hydrogen-bond donors (Lipinski definition) is 2. The number of nitrogens with zero attached hydrogens (tertiary/aromatic N) is 4. The van der Waals surface area contributed by atoms with Crippen molar-refractivity contribution in [2.24, 2.45) is 5.92 Å². The van der Waals surface area contributed by atoms with E-state index in [9.17, 15) is 4.79 Å². The van der Waals surface area contributed by atoms with Crippen LogP contribution in [-0.2, 0) is 19.5 Å². The van der Waals surface area contributed by atoms with E-state index in [2.05, 4.69) is 44.2 Å². The molecule has 0 spiro atoms. The number of rotatable bonds is 9. The molecular weight excluding hydrogens is 336 g/mol. The summed E-state index contributed by atoms with van der Waals surface area (Å²) in [6.45, 7) is 6.35. The molecule has 0 radical (unpaired) electrons. The van der Waals surface area contributed by atoms with Crippen LogP contribution in [0.4, 0.5) is 4.79 Å². The first kappa shape index (κ1) is 19.2. The summed E-state index contributed by atoms with van der Waals surface area (Å²) in [6, 6.07) is 3.61. The third-order valence-corrected chi connectivity index (χ3v) is 4.23. The normalized spacial score (nSPS) is 10.9. The molecule has 0 aliphatic carbocycles. The summed E-state index contributed by atoms with van der Waals surface area (Å²) >= 11 is 1.61. The average molecular weight is 363 g/mol. The minimum Gasteiger partial charge on any atom is -0.338 e. The van der Waals surface area contributed by atoms with E-state index < -0.39 is 0 Å². The lowest BCUT2D eigenvalue weighted by molar-refractivity contribution is 0.240. The lowest BCUT2D eigenvalue weighted by Gasteiger charge is -2.12. The van der Waals surface area contributed by atoms with Crippen molar-refractivity contribution >= 4 is 17.8 Å². The van der Waals surface area contributed by atoms with Gasteiger partial charge in [-0.05, 0) is 30.2 Å². The highest BCUT2D eigenvalue weighted by Gasteiger charge is 2.12. The second kappa shape index (κ2) is 10.0. The van der Waals surface area contributed by atoms with Gasteiger partial charge in [0.2, 0.25) is 0 Å². The Bertz CT molecular complexity index is 658. The van der Waals surface area contributed by atoms with Crippen molar-refractivity contribution in [2.45, 2.75) is 44.9 Å². The number of pyridine rings is 1. The molecule has 0 aliphatic rings. The molecule has 0 unspecified atom stereocenters. The molecule has 0 bridgehead atoms. The third-order valence-electron chi connectivity index (χ3n) is 3.56. The molecule has 2 amide bonds. The van der Waals surface area contributed by atoms with E-state index >= 15 is 0 Å². The van der Waals surface area contributed by atoms with E-state index in [-0.39, 0.29) is 6.03 Å². The smallest absolute Gasteiger partial charge is 0.315 e. The summed E-state index contributed by atoms with van der Waals surface area (Å²) < 4.78 is 2.18. The van der Waals surface area contributed by atoms with Gasteiger partial charge in [-0.3, -0.25) is 4.98 Å². The van der Waals surface area contributed by atoms with Gasteiger partial charge in [0.05, 0.1) is 0 Å². The molecule has 0 aliphatic heterocycles. The van der Waals surface area contributed by atoms with Gasteiger partial charge in [-0.2, -0.15) is 0 Å². The fourth-order valence-corrected chi connectivity index (χ4v) is 2.92. The second-order valence-electron chi connectivity index (χ2n) is 6.18. The summed E-state index contributed by atoms with van der Waals surface area (Å²) in [5, 5.41) is 15.2. The summed E-state index contributed by atoms with van der Waals surface area (Å²) in [4.78, 5) is 15.8. The monoisotopic (exact) mass is 362 g/mol. The first-order valence-corrected chi connectivity index (χ1v) is 9.69. The van der Waals surface area contributed by atoms with Gasteiger partial charge in [0, 0.05) is 38.4 Å². The zero-order chi connectivity index (χ0) is 18.1. The largest absolute Gasteiger partial charge is 0.338 e. The summed E-state index contributed by atoms with van der Waals surface area (Å²) in [6.07, 6.45) is 7.09.